The monoisotopic (exact) mass is 731 g/mol. The van der Waals surface area contributed by atoms with Crippen molar-refractivity contribution >= 4 is 48.6 Å². The van der Waals surface area contributed by atoms with Gasteiger partial charge >= 0.3 is 0 Å². The Kier molecular flexibility index (Phi) is 8.79. The molecule has 0 aliphatic carbocycles. The fourth-order valence-corrected chi connectivity index (χ4v) is 9.01. The number of hydrogen-bond acceptors (Lipinski definition) is 2. The summed E-state index contributed by atoms with van der Waals surface area (Å²) >= 11 is 1.87. The van der Waals surface area contributed by atoms with Crippen LogP contribution in [0.4, 0.5) is 17.1 Å². The van der Waals surface area contributed by atoms with Gasteiger partial charge in [-0.25, -0.2) is 0 Å². The second kappa shape index (κ2) is 14.7. The van der Waals surface area contributed by atoms with E-state index in [0.717, 1.165) is 11.4 Å². The average molecular weight is 732 g/mol. The van der Waals surface area contributed by atoms with E-state index in [0.29, 0.717) is 0 Å². The van der Waals surface area contributed by atoms with Crippen molar-refractivity contribution in [3.05, 3.63) is 224 Å². The second-order valence-electron chi connectivity index (χ2n) is 14.2. The summed E-state index contributed by atoms with van der Waals surface area (Å²) in [6.07, 6.45) is 0. The van der Waals surface area contributed by atoms with E-state index in [1.54, 1.807) is 0 Å². The van der Waals surface area contributed by atoms with Crippen LogP contribution in [0, 0.1) is 0 Å². The second-order valence-corrected chi connectivity index (χ2v) is 15.2. The highest BCUT2D eigenvalue weighted by Crippen LogP contribution is 2.46. The third-order valence-corrected chi connectivity index (χ3v) is 11.9. The molecule has 0 aliphatic rings. The molecule has 1 heterocycles. The highest BCUT2D eigenvalue weighted by atomic mass is 32.1. The number of rotatable bonds is 8. The van der Waals surface area contributed by atoms with Crippen LogP contribution >= 0.6 is 11.3 Å². The first-order valence-electron chi connectivity index (χ1n) is 19.1. The minimum atomic E-state index is 1.11. The van der Waals surface area contributed by atoms with Crippen LogP contribution in [0.25, 0.3) is 75.8 Å². The Morgan fingerprint density at radius 3 is 1.11 bits per heavy atom. The number of thiophene rings is 1. The Morgan fingerprint density at radius 2 is 0.643 bits per heavy atom. The van der Waals surface area contributed by atoms with Gasteiger partial charge in [-0.2, -0.15) is 0 Å². The van der Waals surface area contributed by atoms with E-state index in [-0.39, 0.29) is 0 Å². The minimum absolute atomic E-state index is 1.11. The highest BCUT2D eigenvalue weighted by molar-refractivity contribution is 7.26. The third-order valence-electron chi connectivity index (χ3n) is 10.7. The lowest BCUT2D eigenvalue weighted by Crippen LogP contribution is -2.10. The Morgan fingerprint density at radius 1 is 0.268 bits per heavy atom. The summed E-state index contributed by atoms with van der Waals surface area (Å²) in [4.78, 5) is 2.42. The maximum atomic E-state index is 2.42. The van der Waals surface area contributed by atoms with Crippen LogP contribution in [0.3, 0.4) is 0 Å². The molecule has 0 atom stereocenters. The van der Waals surface area contributed by atoms with Crippen molar-refractivity contribution in [2.75, 3.05) is 4.90 Å². The lowest BCUT2D eigenvalue weighted by atomic mass is 9.98. The fourth-order valence-electron chi connectivity index (χ4n) is 7.82. The lowest BCUT2D eigenvalue weighted by Gasteiger charge is -2.26. The molecule has 0 fully saturated rings. The zero-order chi connectivity index (χ0) is 37.3. The average Bonchev–Trinajstić information content (AvgIpc) is 3.67. The largest absolute Gasteiger partial charge is 0.309 e. The summed E-state index contributed by atoms with van der Waals surface area (Å²) < 4.78 is 2.56. The number of hydrogen-bond donors (Lipinski definition) is 0. The van der Waals surface area contributed by atoms with Gasteiger partial charge in [0.1, 0.15) is 0 Å². The molecular weight excluding hydrogens is 695 g/mol. The smallest absolute Gasteiger partial charge is 0.0640 e. The van der Waals surface area contributed by atoms with Crippen molar-refractivity contribution in [3.8, 4) is 55.6 Å². The molecular formula is C54H37NS. The molecule has 0 aliphatic heterocycles. The number of benzene rings is 9. The van der Waals surface area contributed by atoms with E-state index in [1.807, 2.05) is 11.3 Å². The van der Waals surface area contributed by atoms with E-state index in [4.69, 9.17) is 0 Å². The van der Waals surface area contributed by atoms with Gasteiger partial charge in [-0.05, 0) is 110 Å². The first kappa shape index (κ1) is 33.6. The van der Waals surface area contributed by atoms with Crippen molar-refractivity contribution in [1.29, 1.82) is 0 Å². The predicted octanol–water partition coefficient (Wildman–Crippen LogP) is 15.9. The van der Waals surface area contributed by atoms with E-state index in [1.165, 1.54) is 81.5 Å². The fraction of sp³-hybridized carbons (Fsp3) is 0. The van der Waals surface area contributed by atoms with Crippen LogP contribution in [0.2, 0.25) is 0 Å². The summed E-state index contributed by atoms with van der Waals surface area (Å²) in [5.74, 6) is 0. The van der Waals surface area contributed by atoms with E-state index < -0.39 is 0 Å². The van der Waals surface area contributed by atoms with Crippen LogP contribution in [0.1, 0.15) is 0 Å². The number of fused-ring (bicyclic) bond motifs is 3. The van der Waals surface area contributed by atoms with Crippen molar-refractivity contribution in [1.82, 2.24) is 0 Å². The summed E-state index contributed by atoms with van der Waals surface area (Å²) in [6, 6.07) is 81.2. The molecule has 10 rings (SSSR count). The van der Waals surface area contributed by atoms with Crippen LogP contribution in [0.5, 0.6) is 0 Å². The maximum Gasteiger partial charge on any atom is 0.0640 e. The van der Waals surface area contributed by atoms with Crippen LogP contribution < -0.4 is 4.90 Å². The molecule has 0 unspecified atom stereocenters. The van der Waals surface area contributed by atoms with Crippen molar-refractivity contribution in [3.63, 3.8) is 0 Å². The normalized spacial score (nSPS) is 11.2. The quantitative estimate of drug-likeness (QED) is 0.150. The first-order valence-corrected chi connectivity index (χ1v) is 19.9. The van der Waals surface area contributed by atoms with Crippen molar-refractivity contribution in [2.45, 2.75) is 0 Å². The van der Waals surface area contributed by atoms with E-state index >= 15 is 0 Å². The maximum absolute atomic E-state index is 2.42. The molecule has 0 saturated carbocycles. The molecule has 1 nitrogen and oxygen atoms in total. The lowest BCUT2D eigenvalue weighted by molar-refractivity contribution is 1.30. The molecule has 0 bridgehead atoms. The molecule has 0 spiro atoms. The molecule has 0 saturated heterocycles. The standard InChI is InChI=1S/C54H37NS/c1-4-13-38(14-5-1)43-19-10-21-45(35-43)41-25-30-48(31-26-41)55(49-32-27-42(28-33-49)46-22-11-20-44(36-46)39-15-6-2-7-16-39)52-24-12-23-50-51-37-47(40-17-8-3-9-18-40)29-34-53(51)56-54(50)52/h1-37H. The van der Waals surface area contributed by atoms with Gasteiger partial charge in [0, 0.05) is 26.8 Å². The van der Waals surface area contributed by atoms with Crippen LogP contribution in [0.15, 0.2) is 224 Å². The first-order chi connectivity index (χ1) is 27.7. The van der Waals surface area contributed by atoms with Gasteiger partial charge in [-0.15, -0.1) is 11.3 Å². The van der Waals surface area contributed by atoms with E-state index in [9.17, 15) is 0 Å². The van der Waals surface area contributed by atoms with Crippen LogP contribution in [-0.2, 0) is 0 Å². The SMILES string of the molecule is c1ccc(-c2cccc(-c3ccc(N(c4ccc(-c5cccc(-c6ccccc6)c5)cc4)c4cccc5c4sc4ccc(-c6ccccc6)cc45)cc3)c2)cc1. The minimum Gasteiger partial charge on any atom is -0.309 e. The molecule has 56 heavy (non-hydrogen) atoms. The molecule has 2 heteroatoms. The van der Waals surface area contributed by atoms with Gasteiger partial charge in [-0.1, -0.05) is 170 Å². The van der Waals surface area contributed by atoms with Gasteiger partial charge in [0.15, 0.2) is 0 Å². The van der Waals surface area contributed by atoms with Gasteiger partial charge in [0.25, 0.3) is 0 Å². The highest BCUT2D eigenvalue weighted by Gasteiger charge is 2.19. The number of nitrogens with zero attached hydrogens (tertiary/aromatic N) is 1. The van der Waals surface area contributed by atoms with Gasteiger partial charge < -0.3 is 4.90 Å². The van der Waals surface area contributed by atoms with E-state index in [2.05, 4.69) is 229 Å². The summed E-state index contributed by atoms with van der Waals surface area (Å²) in [7, 11) is 0. The Hall–Kier alpha value is -7.00. The van der Waals surface area contributed by atoms with Crippen molar-refractivity contribution in [2.24, 2.45) is 0 Å². The molecule has 10 aromatic rings. The molecule has 9 aromatic carbocycles. The Bertz CT molecular complexity index is 2800. The van der Waals surface area contributed by atoms with Crippen LogP contribution in [-0.4, -0.2) is 0 Å². The Labute approximate surface area is 332 Å². The topological polar surface area (TPSA) is 3.24 Å². The van der Waals surface area contributed by atoms with Crippen molar-refractivity contribution < 1.29 is 0 Å². The third kappa shape index (κ3) is 6.47. The molecule has 0 N–H and O–H groups in total. The summed E-state index contributed by atoms with van der Waals surface area (Å²) in [5.41, 5.74) is 15.5. The predicted molar refractivity (Wildman–Crippen MR) is 241 cm³/mol. The number of anilines is 3. The van der Waals surface area contributed by atoms with Gasteiger partial charge in [0.05, 0.1) is 10.4 Å². The molecule has 0 radical (unpaired) electrons. The molecule has 0 amide bonds. The van der Waals surface area contributed by atoms with Gasteiger partial charge in [0.2, 0.25) is 0 Å². The zero-order valence-electron chi connectivity index (χ0n) is 30.7. The zero-order valence-corrected chi connectivity index (χ0v) is 31.5. The summed E-state index contributed by atoms with van der Waals surface area (Å²) in [5, 5.41) is 2.56. The van der Waals surface area contributed by atoms with Gasteiger partial charge in [-0.3, -0.25) is 0 Å². The Balaban J connectivity index is 1.07. The summed E-state index contributed by atoms with van der Waals surface area (Å²) in [6.45, 7) is 0. The molecule has 264 valence electrons. The molecule has 1 aromatic heterocycles.